The monoisotopic (exact) mass is 630 g/mol. The van der Waals surface area contributed by atoms with Crippen LogP contribution in [0.25, 0.3) is 0 Å². The molecule has 19 heteroatoms. The summed E-state index contributed by atoms with van der Waals surface area (Å²) in [4.78, 5) is 0. The Labute approximate surface area is 243 Å². The van der Waals surface area contributed by atoms with E-state index in [1.807, 2.05) is 0 Å². The lowest BCUT2D eigenvalue weighted by Crippen LogP contribution is -2.65. The first-order valence-electron chi connectivity index (χ1n) is 14.0. The van der Waals surface area contributed by atoms with Crippen LogP contribution >= 0.6 is 0 Å². The van der Waals surface area contributed by atoms with Crippen LogP contribution in [-0.2, 0) is 42.6 Å². The number of aliphatic hydroxyl groups excluding tert-OH is 10. The summed E-state index contributed by atoms with van der Waals surface area (Å²) in [7, 11) is 0. The molecule has 0 aromatic carbocycles. The third-order valence-electron chi connectivity index (χ3n) is 8.70. The molecule has 0 radical (unpaired) electrons. The van der Waals surface area contributed by atoms with E-state index in [0.29, 0.717) is 0 Å². The second kappa shape index (κ2) is 12.8. The Balaban J connectivity index is 1.12. The first-order chi connectivity index (χ1) is 20.5. The molecule has 0 spiro atoms. The van der Waals surface area contributed by atoms with Crippen LogP contribution in [0.15, 0.2) is 0 Å². The summed E-state index contributed by atoms with van der Waals surface area (Å²) in [5.74, 6) is 0. The number of hydrogen-bond acceptors (Lipinski definition) is 19. The van der Waals surface area contributed by atoms with Gasteiger partial charge in [-0.3, -0.25) is 0 Å². The highest BCUT2D eigenvalue weighted by atomic mass is 16.8. The van der Waals surface area contributed by atoms with Crippen molar-refractivity contribution >= 4 is 0 Å². The minimum atomic E-state index is -1.72. The van der Waals surface area contributed by atoms with E-state index in [-0.39, 0.29) is 13.2 Å². The van der Waals surface area contributed by atoms with E-state index < -0.39 is 136 Å². The maximum atomic E-state index is 11.1. The highest BCUT2D eigenvalue weighted by Crippen LogP contribution is 2.38. The fourth-order valence-electron chi connectivity index (χ4n) is 6.28. The lowest BCUT2D eigenvalue weighted by Gasteiger charge is -2.47. The highest BCUT2D eigenvalue weighted by molar-refractivity contribution is 5.01. The average molecular weight is 631 g/mol. The maximum absolute atomic E-state index is 11.1. The summed E-state index contributed by atoms with van der Waals surface area (Å²) in [6.07, 6.45) is -27.5. The Morgan fingerprint density at radius 2 is 0.953 bits per heavy atom. The molecule has 19 nitrogen and oxygen atoms in total. The van der Waals surface area contributed by atoms with Gasteiger partial charge in [-0.05, 0) is 0 Å². The largest absolute Gasteiger partial charge is 0.394 e. The molecule has 248 valence electrons. The summed E-state index contributed by atoms with van der Waals surface area (Å²) in [5, 5.41) is 103. The van der Waals surface area contributed by atoms with E-state index in [1.54, 1.807) is 0 Å². The zero-order valence-corrected chi connectivity index (χ0v) is 22.5. The molecular weight excluding hydrogens is 592 g/mol. The van der Waals surface area contributed by atoms with Gasteiger partial charge in [-0.1, -0.05) is 0 Å². The summed E-state index contributed by atoms with van der Waals surface area (Å²) in [5.41, 5.74) is 0. The minimum Gasteiger partial charge on any atom is -0.394 e. The number of rotatable bonds is 8. The SMILES string of the molecule is OC[C@@H]1O[C@H](O[C@@H]2[C@@H]3OC[C@H]2O[C@@H](O[C@H]2[C@H](O)[C@@H](O[C@@H]4[C@@H]5OC[C@H]4O[C@H](O)[C@@H]5O)O[C@@H](CO)[C@H]2O)[C@@H]3O)[C@@H](O)[C@H](O)[C@@H]1O. The van der Waals surface area contributed by atoms with E-state index in [2.05, 4.69) is 0 Å². The fourth-order valence-corrected chi connectivity index (χ4v) is 6.28. The van der Waals surface area contributed by atoms with Gasteiger partial charge < -0.3 is 93.7 Å². The number of aliphatic hydroxyl groups is 10. The average Bonchev–Trinajstić information content (AvgIpc) is 3.48. The molecule has 20 atom stereocenters. The van der Waals surface area contributed by atoms with Crippen LogP contribution in [0.5, 0.6) is 0 Å². The summed E-state index contributed by atoms with van der Waals surface area (Å²) in [6.45, 7) is -1.51. The van der Waals surface area contributed by atoms with Crippen molar-refractivity contribution in [1.82, 2.24) is 0 Å². The zero-order chi connectivity index (χ0) is 30.7. The second-order valence-corrected chi connectivity index (χ2v) is 11.4. The van der Waals surface area contributed by atoms with E-state index in [1.165, 1.54) is 0 Å². The standard InChI is InChI=1S/C24H38O19/c25-1-5-9(27)11(29)12(30)22(38-5)41-17-8-4-36-20(17)15(33)24(40-8)43-18-10(28)6(2-26)39-23(14(18)32)42-16-7-3-35-19(16)13(31)21(34)37-7/h5-34H,1-4H2/t5-,6-,7+,8+,9+,10+,11+,12-,13+,14-,15+,16-,17-,18+,19+,20+,21-,22+,23+,24-/m0/s1. The van der Waals surface area contributed by atoms with Gasteiger partial charge in [0, 0.05) is 0 Å². The molecule has 4 bridgehead atoms. The van der Waals surface area contributed by atoms with Gasteiger partial charge in [0.05, 0.1) is 26.4 Å². The molecule has 0 aliphatic carbocycles. The maximum Gasteiger partial charge on any atom is 0.187 e. The normalized spacial score (nSPS) is 56.8. The quantitative estimate of drug-likeness (QED) is 0.119. The predicted octanol–water partition coefficient (Wildman–Crippen LogP) is -7.66. The molecule has 6 saturated heterocycles. The van der Waals surface area contributed by atoms with Crippen molar-refractivity contribution in [3.63, 3.8) is 0 Å². The van der Waals surface area contributed by atoms with Crippen LogP contribution in [0.2, 0.25) is 0 Å². The molecule has 0 aromatic heterocycles. The van der Waals surface area contributed by atoms with Crippen LogP contribution in [0.3, 0.4) is 0 Å². The van der Waals surface area contributed by atoms with Crippen LogP contribution < -0.4 is 0 Å². The Morgan fingerprint density at radius 1 is 0.465 bits per heavy atom. The van der Waals surface area contributed by atoms with E-state index in [0.717, 1.165) is 0 Å². The third-order valence-corrected chi connectivity index (χ3v) is 8.70. The van der Waals surface area contributed by atoms with Crippen molar-refractivity contribution in [3.8, 4) is 0 Å². The number of fused-ring (bicyclic) bond motifs is 4. The van der Waals surface area contributed by atoms with Crippen molar-refractivity contribution in [2.24, 2.45) is 0 Å². The molecule has 6 aliphatic heterocycles. The van der Waals surface area contributed by atoms with Gasteiger partial charge in [0.25, 0.3) is 0 Å². The Hall–Kier alpha value is -0.760. The first kappa shape index (κ1) is 32.2. The first-order valence-corrected chi connectivity index (χ1v) is 14.0. The lowest BCUT2D eigenvalue weighted by atomic mass is 9.96. The van der Waals surface area contributed by atoms with Crippen LogP contribution in [0.1, 0.15) is 0 Å². The fraction of sp³-hybridized carbons (Fsp3) is 1.00. The topological polar surface area (TPSA) is 285 Å². The Morgan fingerprint density at radius 3 is 1.56 bits per heavy atom. The molecule has 43 heavy (non-hydrogen) atoms. The molecule has 6 fully saturated rings. The van der Waals surface area contributed by atoms with Gasteiger partial charge in [0.15, 0.2) is 25.2 Å². The van der Waals surface area contributed by atoms with Crippen molar-refractivity contribution in [1.29, 1.82) is 0 Å². The van der Waals surface area contributed by atoms with Crippen molar-refractivity contribution in [3.05, 3.63) is 0 Å². The van der Waals surface area contributed by atoms with Gasteiger partial charge in [-0.2, -0.15) is 0 Å². The third kappa shape index (κ3) is 5.73. The van der Waals surface area contributed by atoms with Crippen LogP contribution in [0.4, 0.5) is 0 Å². The molecule has 0 unspecified atom stereocenters. The van der Waals surface area contributed by atoms with Gasteiger partial charge in [-0.25, -0.2) is 0 Å². The van der Waals surface area contributed by atoms with Crippen molar-refractivity contribution in [2.45, 2.75) is 123 Å². The van der Waals surface area contributed by atoms with E-state index >= 15 is 0 Å². The van der Waals surface area contributed by atoms with Crippen LogP contribution in [0, 0.1) is 0 Å². The Kier molecular flexibility index (Phi) is 9.58. The predicted molar refractivity (Wildman–Crippen MR) is 127 cm³/mol. The second-order valence-electron chi connectivity index (χ2n) is 11.4. The van der Waals surface area contributed by atoms with E-state index in [9.17, 15) is 51.1 Å². The zero-order valence-electron chi connectivity index (χ0n) is 22.5. The summed E-state index contributed by atoms with van der Waals surface area (Å²) in [6, 6.07) is 0. The number of ether oxygens (including phenoxy) is 9. The molecule has 6 rings (SSSR count). The molecule has 0 aromatic rings. The molecule has 6 heterocycles. The molecule has 0 saturated carbocycles. The van der Waals surface area contributed by atoms with Gasteiger partial charge in [0.1, 0.15) is 97.7 Å². The van der Waals surface area contributed by atoms with Gasteiger partial charge in [-0.15, -0.1) is 0 Å². The van der Waals surface area contributed by atoms with E-state index in [4.69, 9.17) is 42.6 Å². The van der Waals surface area contributed by atoms with Crippen molar-refractivity contribution < 1.29 is 93.7 Å². The molecule has 10 N–H and O–H groups in total. The summed E-state index contributed by atoms with van der Waals surface area (Å²) < 4.78 is 50.5. The smallest absolute Gasteiger partial charge is 0.187 e. The molecular formula is C24H38O19. The van der Waals surface area contributed by atoms with Crippen molar-refractivity contribution in [2.75, 3.05) is 26.4 Å². The Bertz CT molecular complexity index is 944. The minimum absolute atomic E-state index is 0.0184. The summed E-state index contributed by atoms with van der Waals surface area (Å²) >= 11 is 0. The lowest BCUT2D eigenvalue weighted by molar-refractivity contribution is -0.372. The molecule has 0 amide bonds. The number of hydrogen-bond donors (Lipinski definition) is 10. The highest BCUT2D eigenvalue weighted by Gasteiger charge is 2.58. The van der Waals surface area contributed by atoms with Crippen LogP contribution in [-0.4, -0.2) is 200 Å². The van der Waals surface area contributed by atoms with Gasteiger partial charge >= 0.3 is 0 Å². The molecule has 6 aliphatic rings. The van der Waals surface area contributed by atoms with Gasteiger partial charge in [0.2, 0.25) is 0 Å².